The summed E-state index contributed by atoms with van der Waals surface area (Å²) in [6, 6.07) is 11.8. The van der Waals surface area contributed by atoms with E-state index >= 15 is 0 Å². The van der Waals surface area contributed by atoms with Crippen molar-refractivity contribution >= 4 is 17.7 Å². The first-order valence-corrected chi connectivity index (χ1v) is 9.99. The first-order valence-electron chi connectivity index (χ1n) is 8.77. The van der Waals surface area contributed by atoms with Crippen LogP contribution in [-0.4, -0.2) is 35.9 Å². The number of aromatic nitrogens is 2. The summed E-state index contributed by atoms with van der Waals surface area (Å²) in [7, 11) is 3.11. The zero-order valence-electron chi connectivity index (χ0n) is 16.1. The molecule has 3 rings (SSSR count). The lowest BCUT2D eigenvalue weighted by molar-refractivity contribution is 0.0944. The maximum Gasteiger partial charge on any atom is 0.259 e. The highest BCUT2D eigenvalue weighted by Gasteiger charge is 2.21. The molecule has 1 amide bonds. The summed E-state index contributed by atoms with van der Waals surface area (Å²) in [5.41, 5.74) is 2.57. The molecule has 0 atom stereocenters. The van der Waals surface area contributed by atoms with Crippen molar-refractivity contribution < 1.29 is 14.3 Å². The summed E-state index contributed by atoms with van der Waals surface area (Å²) in [4.78, 5) is 17.8. The average Bonchev–Trinajstić information content (AvgIpc) is 3.24. The highest BCUT2D eigenvalue weighted by atomic mass is 32.2. The molecule has 6 nitrogen and oxygen atoms in total. The summed E-state index contributed by atoms with van der Waals surface area (Å²) >= 11 is 1.52. The van der Waals surface area contributed by atoms with E-state index in [1.54, 1.807) is 32.8 Å². The van der Waals surface area contributed by atoms with Crippen LogP contribution in [0.4, 0.5) is 0 Å². The number of methoxy groups -OCH3 is 2. The molecule has 0 aliphatic heterocycles. The Balaban J connectivity index is 1.76. The quantitative estimate of drug-likeness (QED) is 0.589. The Labute approximate surface area is 168 Å². The molecule has 0 saturated heterocycles. The molecule has 0 unspecified atom stereocenters. The van der Waals surface area contributed by atoms with E-state index in [2.05, 4.69) is 22.4 Å². The summed E-state index contributed by atoms with van der Waals surface area (Å²) < 4.78 is 12.9. The Morgan fingerprint density at radius 3 is 2.68 bits per heavy atom. The van der Waals surface area contributed by atoms with E-state index in [9.17, 15) is 4.79 Å². The second kappa shape index (κ2) is 9.32. The first-order chi connectivity index (χ1) is 13.7. The van der Waals surface area contributed by atoms with Gasteiger partial charge in [-0.3, -0.25) is 4.79 Å². The number of nitrogens with one attached hydrogen (secondary N) is 1. The second-order valence-corrected chi connectivity index (χ2v) is 6.96. The normalized spacial score (nSPS) is 10.5. The number of nitrogens with zero attached hydrogens (tertiary/aromatic N) is 2. The molecule has 0 fully saturated rings. The number of hydrogen-bond acceptors (Lipinski definition) is 5. The largest absolute Gasteiger partial charge is 0.496 e. The third kappa shape index (κ3) is 4.48. The molecule has 1 heterocycles. The van der Waals surface area contributed by atoms with Gasteiger partial charge in [0.2, 0.25) is 0 Å². The van der Waals surface area contributed by atoms with Crippen molar-refractivity contribution in [3.05, 3.63) is 71.8 Å². The fourth-order valence-electron chi connectivity index (χ4n) is 2.99. The van der Waals surface area contributed by atoms with Crippen LogP contribution in [0.15, 0.2) is 60.0 Å². The van der Waals surface area contributed by atoms with Crippen molar-refractivity contribution in [2.24, 2.45) is 0 Å². The van der Waals surface area contributed by atoms with Crippen LogP contribution in [0.2, 0.25) is 0 Å². The van der Waals surface area contributed by atoms with Crippen LogP contribution in [0.3, 0.4) is 0 Å². The van der Waals surface area contributed by atoms with Crippen LogP contribution in [0.25, 0.3) is 0 Å². The van der Waals surface area contributed by atoms with E-state index in [4.69, 9.17) is 9.47 Å². The molecule has 7 heteroatoms. The van der Waals surface area contributed by atoms with Crippen molar-refractivity contribution in [1.29, 1.82) is 0 Å². The van der Waals surface area contributed by atoms with Gasteiger partial charge in [-0.2, -0.15) is 0 Å². The minimum Gasteiger partial charge on any atom is -0.496 e. The van der Waals surface area contributed by atoms with E-state index < -0.39 is 0 Å². The zero-order chi connectivity index (χ0) is 19.9. The number of benzene rings is 2. The molecule has 2 aromatic carbocycles. The fraction of sp³-hybridized carbons (Fsp3) is 0.238. The van der Waals surface area contributed by atoms with E-state index in [1.165, 1.54) is 11.8 Å². The van der Waals surface area contributed by atoms with Crippen molar-refractivity contribution in [3.63, 3.8) is 0 Å². The molecule has 0 saturated carbocycles. The third-order valence-corrected chi connectivity index (χ3v) is 5.08. The first kappa shape index (κ1) is 19.8. The Morgan fingerprint density at radius 2 is 2.00 bits per heavy atom. The molecule has 0 bridgehead atoms. The van der Waals surface area contributed by atoms with Gasteiger partial charge in [-0.25, -0.2) is 4.98 Å². The maximum atomic E-state index is 12.9. The Bertz CT molecular complexity index is 942. The van der Waals surface area contributed by atoms with E-state index in [0.29, 0.717) is 23.6 Å². The molecule has 0 spiro atoms. The van der Waals surface area contributed by atoms with Crippen LogP contribution in [-0.2, 0) is 13.1 Å². The molecule has 0 radical (unpaired) electrons. The summed E-state index contributed by atoms with van der Waals surface area (Å²) in [6.07, 6.45) is 7.41. The molecule has 3 aromatic rings. The SMILES string of the molecule is COc1ccc(SC)c(OC)c1C(=O)NCc1cccc(Cn2ccnc2)c1. The highest BCUT2D eigenvalue weighted by molar-refractivity contribution is 7.98. The number of ether oxygens (including phenoxy) is 2. The van der Waals surface area contributed by atoms with Crippen LogP contribution < -0.4 is 14.8 Å². The van der Waals surface area contributed by atoms with Gasteiger partial charge in [-0.15, -0.1) is 11.8 Å². The van der Waals surface area contributed by atoms with Crippen LogP contribution in [0.5, 0.6) is 11.5 Å². The van der Waals surface area contributed by atoms with Gasteiger partial charge < -0.3 is 19.4 Å². The van der Waals surface area contributed by atoms with Gasteiger partial charge in [0.05, 0.1) is 25.4 Å². The minimum absolute atomic E-state index is 0.232. The predicted octanol–water partition coefficient (Wildman–Crippen LogP) is 3.60. The van der Waals surface area contributed by atoms with E-state index in [-0.39, 0.29) is 5.91 Å². The standard InChI is InChI=1S/C21H23N3O3S/c1-26-17-7-8-18(28-3)20(27-2)19(17)21(25)23-12-15-5-4-6-16(11-15)13-24-10-9-22-14-24/h4-11,14H,12-13H2,1-3H3,(H,23,25). The van der Waals surface area contributed by atoms with Crippen molar-refractivity contribution in [3.8, 4) is 11.5 Å². The number of thioether (sulfide) groups is 1. The lowest BCUT2D eigenvalue weighted by Gasteiger charge is -2.16. The number of amides is 1. The van der Waals surface area contributed by atoms with E-state index in [1.807, 2.05) is 35.2 Å². The van der Waals surface area contributed by atoms with Crippen molar-refractivity contribution in [2.45, 2.75) is 18.0 Å². The molecule has 1 aromatic heterocycles. The van der Waals surface area contributed by atoms with E-state index in [0.717, 1.165) is 22.6 Å². The minimum atomic E-state index is -0.232. The van der Waals surface area contributed by atoms with Gasteiger partial charge in [0.15, 0.2) is 0 Å². The van der Waals surface area contributed by atoms with Gasteiger partial charge in [-0.1, -0.05) is 24.3 Å². The molecule has 146 valence electrons. The average molecular weight is 398 g/mol. The lowest BCUT2D eigenvalue weighted by Crippen LogP contribution is -2.24. The van der Waals surface area contributed by atoms with Gasteiger partial charge in [-0.05, 0) is 29.5 Å². The number of carbonyl (C=O) groups is 1. The maximum absolute atomic E-state index is 12.9. The Morgan fingerprint density at radius 1 is 1.18 bits per heavy atom. The van der Waals surface area contributed by atoms with Crippen LogP contribution in [0.1, 0.15) is 21.5 Å². The second-order valence-electron chi connectivity index (χ2n) is 6.12. The molecular weight excluding hydrogens is 374 g/mol. The van der Waals surface area contributed by atoms with Crippen LogP contribution in [0, 0.1) is 0 Å². The van der Waals surface area contributed by atoms with Crippen molar-refractivity contribution in [1.82, 2.24) is 14.9 Å². The van der Waals surface area contributed by atoms with Gasteiger partial charge >= 0.3 is 0 Å². The predicted molar refractivity (Wildman–Crippen MR) is 110 cm³/mol. The number of imidazole rings is 1. The number of rotatable bonds is 8. The molecule has 1 N–H and O–H groups in total. The third-order valence-electron chi connectivity index (χ3n) is 4.32. The summed E-state index contributed by atoms with van der Waals surface area (Å²) in [5, 5.41) is 2.97. The molecule has 0 aliphatic carbocycles. The van der Waals surface area contributed by atoms with Crippen molar-refractivity contribution in [2.75, 3.05) is 20.5 Å². The number of hydrogen-bond donors (Lipinski definition) is 1. The monoisotopic (exact) mass is 397 g/mol. The number of carbonyl (C=O) groups excluding carboxylic acids is 1. The highest BCUT2D eigenvalue weighted by Crippen LogP contribution is 2.37. The van der Waals surface area contributed by atoms with Gasteiger partial charge in [0.25, 0.3) is 5.91 Å². The molecular formula is C21H23N3O3S. The Kier molecular flexibility index (Phi) is 6.60. The zero-order valence-corrected chi connectivity index (χ0v) is 17.0. The Hall–Kier alpha value is -2.93. The van der Waals surface area contributed by atoms with Gasteiger partial charge in [0, 0.05) is 25.5 Å². The smallest absolute Gasteiger partial charge is 0.259 e. The molecule has 28 heavy (non-hydrogen) atoms. The summed E-state index contributed by atoms with van der Waals surface area (Å²) in [6.45, 7) is 1.14. The van der Waals surface area contributed by atoms with Gasteiger partial charge in [0.1, 0.15) is 17.1 Å². The lowest BCUT2D eigenvalue weighted by atomic mass is 10.1. The summed E-state index contributed by atoms with van der Waals surface area (Å²) in [5.74, 6) is 0.781. The molecule has 0 aliphatic rings. The van der Waals surface area contributed by atoms with Crippen LogP contribution >= 0.6 is 11.8 Å². The fourth-order valence-corrected chi connectivity index (χ4v) is 3.57. The topological polar surface area (TPSA) is 65.4 Å².